The summed E-state index contributed by atoms with van der Waals surface area (Å²) in [6, 6.07) is 8.98. The lowest BCUT2D eigenvalue weighted by atomic mass is 9.40. The highest BCUT2D eigenvalue weighted by Gasteiger charge is 2.76. The quantitative estimate of drug-likeness (QED) is 0.311. The van der Waals surface area contributed by atoms with Gasteiger partial charge >= 0.3 is 0 Å². The third-order valence-electron chi connectivity index (χ3n) is 10.9. The van der Waals surface area contributed by atoms with Crippen molar-refractivity contribution in [2.75, 3.05) is 7.11 Å². The Labute approximate surface area is 263 Å². The van der Waals surface area contributed by atoms with Crippen LogP contribution in [0.2, 0.25) is 0 Å². The highest BCUT2D eigenvalue weighted by Crippen LogP contribution is 2.64. The SMILES string of the molecule is C=CCC(C)c1ccc(OC)c(-c2ccc(O)c3c2C[C@]2(C)C[C@]4(C)C(C(C)C)C(=O)C(C(C)=O)C(=O)[C@]4(O)C(=O)C2C3=O)c1. The normalized spacial score (nSPS) is 31.6. The molecule has 0 radical (unpaired) electrons. The third kappa shape index (κ3) is 4.39. The summed E-state index contributed by atoms with van der Waals surface area (Å²) in [6.45, 7) is 13.9. The number of aromatic hydroxyl groups is 1. The average Bonchev–Trinajstić information content (AvgIpc) is 2.94. The molecule has 8 nitrogen and oxygen atoms in total. The molecule has 2 aromatic rings. The summed E-state index contributed by atoms with van der Waals surface area (Å²) in [4.78, 5) is 69.2. The lowest BCUT2D eigenvalue weighted by Crippen LogP contribution is -2.76. The van der Waals surface area contributed by atoms with Gasteiger partial charge in [0.15, 0.2) is 28.7 Å². The van der Waals surface area contributed by atoms with Crippen LogP contribution in [-0.4, -0.2) is 51.8 Å². The van der Waals surface area contributed by atoms with E-state index in [9.17, 15) is 34.2 Å². The minimum atomic E-state index is -2.73. The van der Waals surface area contributed by atoms with E-state index in [0.29, 0.717) is 22.4 Å². The highest BCUT2D eigenvalue weighted by atomic mass is 16.5. The molecule has 238 valence electrons. The number of ketones is 5. The van der Waals surface area contributed by atoms with E-state index in [2.05, 4.69) is 13.5 Å². The molecule has 3 aliphatic rings. The van der Waals surface area contributed by atoms with Crippen LogP contribution in [0.15, 0.2) is 43.0 Å². The number of carbonyl (C=O) groups is 5. The first-order chi connectivity index (χ1) is 21.0. The molecule has 0 saturated heterocycles. The Kier molecular flexibility index (Phi) is 7.84. The Balaban J connectivity index is 1.74. The van der Waals surface area contributed by atoms with Crippen molar-refractivity contribution in [2.45, 2.75) is 72.3 Å². The number of aliphatic hydroxyl groups is 1. The summed E-state index contributed by atoms with van der Waals surface area (Å²) in [6.07, 6.45) is 2.74. The Bertz CT molecular complexity index is 1670. The number of rotatable bonds is 7. The summed E-state index contributed by atoms with van der Waals surface area (Å²) in [5, 5.41) is 23.3. The molecule has 2 aromatic carbocycles. The number of ether oxygens (including phenoxy) is 1. The number of hydrogen-bond donors (Lipinski definition) is 2. The number of carbonyl (C=O) groups excluding carboxylic acids is 5. The standard InChI is InChI=1S/C37H42O8/c1-9-10-19(4)21-11-14-26(45-8)23(15-21)22-12-13-25(39)28-24(22)16-35(6)17-36(7)29(18(2)3)31(40)27(20(5)38)33(42)37(36,44)34(43)30(35)32(28)41/h9,11-15,18-19,27,29-30,39,44H,1,10,16-17H2,2-8H3/t19?,27?,29?,30?,35-,36-,37+/m1/s1. The van der Waals surface area contributed by atoms with E-state index in [1.807, 2.05) is 24.3 Å². The van der Waals surface area contributed by atoms with Crippen LogP contribution in [0.3, 0.4) is 0 Å². The van der Waals surface area contributed by atoms with E-state index in [-0.39, 0.29) is 30.1 Å². The van der Waals surface area contributed by atoms with Crippen LogP contribution in [0.5, 0.6) is 11.5 Å². The molecule has 7 atom stereocenters. The number of phenols is 1. The Hall–Kier alpha value is -3.91. The van der Waals surface area contributed by atoms with Crippen molar-refractivity contribution >= 4 is 28.9 Å². The van der Waals surface area contributed by atoms with Gasteiger partial charge in [0.1, 0.15) is 23.2 Å². The molecule has 0 spiro atoms. The molecule has 2 fully saturated rings. The van der Waals surface area contributed by atoms with Gasteiger partial charge in [0.2, 0.25) is 0 Å². The van der Waals surface area contributed by atoms with Gasteiger partial charge in [0.05, 0.1) is 18.6 Å². The third-order valence-corrected chi connectivity index (χ3v) is 10.9. The molecule has 0 amide bonds. The fourth-order valence-corrected chi connectivity index (χ4v) is 9.02. The fraction of sp³-hybridized carbons (Fsp3) is 0.486. The maximum absolute atomic E-state index is 14.5. The Morgan fingerprint density at radius 3 is 2.31 bits per heavy atom. The number of Topliss-reactive ketones (excluding diaryl/α,β-unsaturated/α-hetero) is 5. The molecule has 0 bridgehead atoms. The van der Waals surface area contributed by atoms with Crippen molar-refractivity contribution in [3.05, 3.63) is 59.7 Å². The van der Waals surface area contributed by atoms with Gasteiger partial charge in [-0.2, -0.15) is 0 Å². The zero-order chi connectivity index (χ0) is 33.4. The van der Waals surface area contributed by atoms with E-state index in [4.69, 9.17) is 4.74 Å². The summed E-state index contributed by atoms with van der Waals surface area (Å²) in [7, 11) is 1.56. The number of hydrogen-bond acceptors (Lipinski definition) is 8. The van der Waals surface area contributed by atoms with Crippen molar-refractivity contribution in [1.29, 1.82) is 0 Å². The molecular formula is C37H42O8. The van der Waals surface area contributed by atoms with E-state index in [1.165, 1.54) is 6.07 Å². The maximum Gasteiger partial charge on any atom is 0.190 e. The molecule has 0 aliphatic heterocycles. The molecule has 8 heteroatoms. The lowest BCUT2D eigenvalue weighted by Gasteiger charge is -2.61. The van der Waals surface area contributed by atoms with Crippen LogP contribution < -0.4 is 4.74 Å². The predicted molar refractivity (Wildman–Crippen MR) is 168 cm³/mol. The smallest absolute Gasteiger partial charge is 0.190 e. The summed E-state index contributed by atoms with van der Waals surface area (Å²) >= 11 is 0. The minimum Gasteiger partial charge on any atom is -0.507 e. The summed E-state index contributed by atoms with van der Waals surface area (Å²) < 4.78 is 5.73. The molecule has 5 rings (SSSR count). The Morgan fingerprint density at radius 2 is 1.73 bits per heavy atom. The van der Waals surface area contributed by atoms with Crippen molar-refractivity contribution in [3.63, 3.8) is 0 Å². The predicted octanol–water partition coefficient (Wildman–Crippen LogP) is 5.45. The van der Waals surface area contributed by atoms with Gasteiger partial charge < -0.3 is 14.9 Å². The number of phenolic OH excluding ortho intramolecular Hbond substituents is 1. The van der Waals surface area contributed by atoms with E-state index in [1.54, 1.807) is 40.9 Å². The van der Waals surface area contributed by atoms with Gasteiger partial charge in [-0.1, -0.05) is 52.8 Å². The maximum atomic E-state index is 14.5. The van der Waals surface area contributed by atoms with Crippen LogP contribution >= 0.6 is 0 Å². The second kappa shape index (κ2) is 10.9. The van der Waals surface area contributed by atoms with Gasteiger partial charge in [-0.15, -0.1) is 6.58 Å². The molecular weight excluding hydrogens is 572 g/mol. The first-order valence-electron chi connectivity index (χ1n) is 15.5. The van der Waals surface area contributed by atoms with E-state index < -0.39 is 69.0 Å². The number of allylic oxidation sites excluding steroid dienone is 1. The van der Waals surface area contributed by atoms with Gasteiger partial charge in [0.25, 0.3) is 0 Å². The van der Waals surface area contributed by atoms with Crippen LogP contribution in [-0.2, 0) is 25.6 Å². The largest absolute Gasteiger partial charge is 0.507 e. The van der Waals surface area contributed by atoms with E-state index in [0.717, 1.165) is 18.9 Å². The minimum absolute atomic E-state index is 0.00826. The molecule has 2 saturated carbocycles. The first-order valence-corrected chi connectivity index (χ1v) is 15.5. The van der Waals surface area contributed by atoms with Crippen molar-refractivity contribution in [3.8, 4) is 22.6 Å². The van der Waals surface area contributed by atoms with Crippen LogP contribution in [0.1, 0.15) is 81.8 Å². The van der Waals surface area contributed by atoms with Crippen molar-refractivity contribution in [1.82, 2.24) is 0 Å². The first kappa shape index (κ1) is 32.5. The number of fused-ring (bicyclic) bond motifs is 3. The van der Waals surface area contributed by atoms with Gasteiger partial charge in [-0.3, -0.25) is 24.0 Å². The fourth-order valence-electron chi connectivity index (χ4n) is 9.02. The summed E-state index contributed by atoms with van der Waals surface area (Å²) in [5.41, 5.74) is -2.52. The second-order valence-corrected chi connectivity index (χ2v) is 14.2. The zero-order valence-electron chi connectivity index (χ0n) is 27.0. The average molecular weight is 615 g/mol. The van der Waals surface area contributed by atoms with Crippen LogP contribution in [0.25, 0.3) is 11.1 Å². The molecule has 0 aromatic heterocycles. The van der Waals surface area contributed by atoms with E-state index >= 15 is 0 Å². The monoisotopic (exact) mass is 614 g/mol. The molecule has 3 aliphatic carbocycles. The zero-order valence-corrected chi connectivity index (χ0v) is 27.0. The van der Waals surface area contributed by atoms with Crippen LogP contribution in [0, 0.1) is 34.5 Å². The summed E-state index contributed by atoms with van der Waals surface area (Å²) in [5.74, 6) is -8.43. The van der Waals surface area contributed by atoms with Gasteiger partial charge in [0, 0.05) is 16.9 Å². The topological polar surface area (TPSA) is 135 Å². The number of benzene rings is 2. The number of methoxy groups -OCH3 is 1. The second-order valence-electron chi connectivity index (χ2n) is 14.2. The molecule has 2 N–H and O–H groups in total. The Morgan fingerprint density at radius 1 is 1.07 bits per heavy atom. The van der Waals surface area contributed by atoms with Crippen molar-refractivity contribution in [2.24, 2.45) is 34.5 Å². The van der Waals surface area contributed by atoms with Gasteiger partial charge in [-0.05, 0) is 78.3 Å². The van der Waals surface area contributed by atoms with Crippen LogP contribution in [0.4, 0.5) is 0 Å². The molecule has 45 heavy (non-hydrogen) atoms. The van der Waals surface area contributed by atoms with Gasteiger partial charge in [-0.25, -0.2) is 0 Å². The lowest BCUT2D eigenvalue weighted by molar-refractivity contribution is -0.205. The molecule has 0 heterocycles. The molecule has 4 unspecified atom stereocenters. The van der Waals surface area contributed by atoms with Crippen molar-refractivity contribution < 1.29 is 38.9 Å². The highest BCUT2D eigenvalue weighted by molar-refractivity contribution is 6.32.